The lowest BCUT2D eigenvalue weighted by molar-refractivity contribution is 0.165. The predicted molar refractivity (Wildman–Crippen MR) is 63.1 cm³/mol. The third-order valence-electron chi connectivity index (χ3n) is 2.67. The fraction of sp³-hybridized carbons (Fsp3) is 0.308. The van der Waals surface area contributed by atoms with Crippen molar-refractivity contribution in [2.75, 3.05) is 0 Å². The van der Waals surface area contributed by atoms with Crippen LogP contribution in [0, 0.1) is 6.92 Å². The molecule has 1 aromatic carbocycles. The van der Waals surface area contributed by atoms with Gasteiger partial charge in [0.05, 0.1) is 0 Å². The van der Waals surface area contributed by atoms with E-state index in [1.165, 1.54) is 5.56 Å². The Kier molecular flexibility index (Phi) is 3.06. The molecular weight excluding hydrogens is 200 g/mol. The van der Waals surface area contributed by atoms with Crippen LogP contribution in [0.1, 0.15) is 23.1 Å². The van der Waals surface area contributed by atoms with Gasteiger partial charge in [0.25, 0.3) is 0 Å². The zero-order chi connectivity index (χ0) is 11.5. The van der Waals surface area contributed by atoms with Crippen molar-refractivity contribution >= 4 is 0 Å². The fourth-order valence-corrected chi connectivity index (χ4v) is 1.85. The summed E-state index contributed by atoms with van der Waals surface area (Å²) >= 11 is 0. The van der Waals surface area contributed by atoms with E-state index in [2.05, 4.69) is 24.0 Å². The minimum atomic E-state index is -0.540. The molecule has 1 atom stereocenters. The molecule has 16 heavy (non-hydrogen) atoms. The summed E-state index contributed by atoms with van der Waals surface area (Å²) in [7, 11) is 1.89. The number of hydrogen-bond donors (Lipinski definition) is 1. The molecule has 0 aliphatic heterocycles. The van der Waals surface area contributed by atoms with Gasteiger partial charge in [0.15, 0.2) is 0 Å². The van der Waals surface area contributed by atoms with Crippen LogP contribution < -0.4 is 0 Å². The van der Waals surface area contributed by atoms with E-state index in [9.17, 15) is 5.11 Å². The van der Waals surface area contributed by atoms with Gasteiger partial charge >= 0.3 is 0 Å². The molecule has 3 heteroatoms. The highest BCUT2D eigenvalue weighted by molar-refractivity contribution is 5.23. The Morgan fingerprint density at radius 2 is 2.25 bits per heavy atom. The SMILES string of the molecule is Cc1cccc(CC(O)c2nccn2C)c1. The number of benzene rings is 1. The lowest BCUT2D eigenvalue weighted by Gasteiger charge is -2.10. The molecule has 0 spiro atoms. The molecule has 1 heterocycles. The van der Waals surface area contributed by atoms with Gasteiger partial charge in [-0.25, -0.2) is 4.98 Å². The summed E-state index contributed by atoms with van der Waals surface area (Å²) in [5.41, 5.74) is 2.35. The molecule has 1 unspecified atom stereocenters. The zero-order valence-electron chi connectivity index (χ0n) is 9.59. The van der Waals surface area contributed by atoms with Gasteiger partial charge in [-0.3, -0.25) is 0 Å². The molecule has 84 valence electrons. The number of aliphatic hydroxyl groups is 1. The summed E-state index contributed by atoms with van der Waals surface area (Å²) < 4.78 is 1.85. The molecule has 3 nitrogen and oxygen atoms in total. The Morgan fingerprint density at radius 1 is 1.44 bits per heavy atom. The van der Waals surface area contributed by atoms with Gasteiger partial charge in [0, 0.05) is 25.9 Å². The maximum absolute atomic E-state index is 10.1. The average Bonchev–Trinajstić information content (AvgIpc) is 2.64. The third kappa shape index (κ3) is 2.31. The summed E-state index contributed by atoms with van der Waals surface area (Å²) in [5.74, 6) is 0.710. The Hall–Kier alpha value is -1.61. The largest absolute Gasteiger partial charge is 0.385 e. The van der Waals surface area contributed by atoms with Crippen molar-refractivity contribution in [3.63, 3.8) is 0 Å². The number of hydrogen-bond acceptors (Lipinski definition) is 2. The first-order chi connectivity index (χ1) is 7.66. The molecule has 0 amide bonds. The van der Waals surface area contributed by atoms with Crippen molar-refractivity contribution < 1.29 is 5.11 Å². The van der Waals surface area contributed by atoms with E-state index >= 15 is 0 Å². The van der Waals surface area contributed by atoms with Crippen LogP contribution in [0.5, 0.6) is 0 Å². The molecule has 1 N–H and O–H groups in total. The van der Waals surface area contributed by atoms with Crippen LogP contribution in [-0.4, -0.2) is 14.7 Å². The molecule has 0 aliphatic carbocycles. The van der Waals surface area contributed by atoms with Crippen molar-refractivity contribution in [1.82, 2.24) is 9.55 Å². The summed E-state index contributed by atoms with van der Waals surface area (Å²) in [6, 6.07) is 8.18. The standard InChI is InChI=1S/C13H16N2O/c1-10-4-3-5-11(8-10)9-12(16)13-14-6-7-15(13)2/h3-8,12,16H,9H2,1-2H3. The Bertz CT molecular complexity index is 476. The predicted octanol–water partition coefficient (Wildman–Crippen LogP) is 2.00. The molecule has 0 aliphatic rings. The highest BCUT2D eigenvalue weighted by Gasteiger charge is 2.12. The molecule has 0 bridgehead atoms. The Labute approximate surface area is 95.4 Å². The maximum Gasteiger partial charge on any atom is 0.137 e. The second kappa shape index (κ2) is 4.49. The molecule has 0 saturated heterocycles. The summed E-state index contributed by atoms with van der Waals surface area (Å²) in [6.07, 6.45) is 3.61. The summed E-state index contributed by atoms with van der Waals surface area (Å²) in [6.45, 7) is 2.05. The van der Waals surface area contributed by atoms with E-state index in [1.54, 1.807) is 6.20 Å². The van der Waals surface area contributed by atoms with Gasteiger partial charge < -0.3 is 9.67 Å². The number of imidazole rings is 1. The average molecular weight is 216 g/mol. The molecule has 1 aromatic heterocycles. The van der Waals surface area contributed by atoms with E-state index in [0.29, 0.717) is 12.2 Å². The first-order valence-corrected chi connectivity index (χ1v) is 5.37. The van der Waals surface area contributed by atoms with Crippen molar-refractivity contribution in [3.8, 4) is 0 Å². The van der Waals surface area contributed by atoms with Gasteiger partial charge in [0.1, 0.15) is 11.9 Å². The number of rotatable bonds is 3. The third-order valence-corrected chi connectivity index (χ3v) is 2.67. The smallest absolute Gasteiger partial charge is 0.137 e. The van der Waals surface area contributed by atoms with Crippen molar-refractivity contribution in [2.24, 2.45) is 7.05 Å². The zero-order valence-corrected chi connectivity index (χ0v) is 9.59. The topological polar surface area (TPSA) is 38.1 Å². The molecule has 2 aromatic rings. The van der Waals surface area contributed by atoms with Crippen molar-refractivity contribution in [3.05, 3.63) is 53.6 Å². The van der Waals surface area contributed by atoms with Crippen molar-refractivity contribution in [1.29, 1.82) is 0 Å². The molecular formula is C13H16N2O. The van der Waals surface area contributed by atoms with Gasteiger partial charge in [-0.05, 0) is 12.5 Å². The van der Waals surface area contributed by atoms with Gasteiger partial charge in [0.2, 0.25) is 0 Å². The summed E-state index contributed by atoms with van der Waals surface area (Å²) in [5, 5.41) is 10.1. The van der Waals surface area contributed by atoms with Gasteiger partial charge in [-0.2, -0.15) is 0 Å². The van der Waals surface area contributed by atoms with Gasteiger partial charge in [-0.15, -0.1) is 0 Å². The summed E-state index contributed by atoms with van der Waals surface area (Å²) in [4.78, 5) is 4.15. The van der Waals surface area contributed by atoms with Crippen LogP contribution in [0.3, 0.4) is 0 Å². The minimum absolute atomic E-state index is 0.540. The first-order valence-electron chi connectivity index (χ1n) is 5.37. The fourth-order valence-electron chi connectivity index (χ4n) is 1.85. The molecule has 0 fully saturated rings. The maximum atomic E-state index is 10.1. The van der Waals surface area contributed by atoms with Crippen LogP contribution in [0.15, 0.2) is 36.7 Å². The molecule has 0 radical (unpaired) electrons. The molecule has 0 saturated carbocycles. The van der Waals surface area contributed by atoms with E-state index < -0.39 is 6.10 Å². The van der Waals surface area contributed by atoms with Crippen LogP contribution in [0.4, 0.5) is 0 Å². The number of nitrogens with zero attached hydrogens (tertiary/aromatic N) is 2. The quantitative estimate of drug-likeness (QED) is 0.852. The van der Waals surface area contributed by atoms with Gasteiger partial charge in [-0.1, -0.05) is 29.8 Å². The second-order valence-electron chi connectivity index (χ2n) is 4.11. The normalized spacial score (nSPS) is 12.7. The number of aryl methyl sites for hydroxylation is 2. The van der Waals surface area contributed by atoms with Crippen LogP contribution in [0.2, 0.25) is 0 Å². The highest BCUT2D eigenvalue weighted by atomic mass is 16.3. The number of aliphatic hydroxyl groups excluding tert-OH is 1. The molecule has 2 rings (SSSR count). The Morgan fingerprint density at radius 3 is 2.88 bits per heavy atom. The lowest BCUT2D eigenvalue weighted by Crippen LogP contribution is -2.08. The van der Waals surface area contributed by atoms with Crippen LogP contribution in [-0.2, 0) is 13.5 Å². The van der Waals surface area contributed by atoms with E-state index in [4.69, 9.17) is 0 Å². The minimum Gasteiger partial charge on any atom is -0.385 e. The second-order valence-corrected chi connectivity index (χ2v) is 4.11. The number of aromatic nitrogens is 2. The van der Waals surface area contributed by atoms with E-state index in [1.807, 2.05) is 29.9 Å². The van der Waals surface area contributed by atoms with Crippen LogP contribution in [0.25, 0.3) is 0 Å². The van der Waals surface area contributed by atoms with E-state index in [-0.39, 0.29) is 0 Å². The monoisotopic (exact) mass is 216 g/mol. The lowest BCUT2D eigenvalue weighted by atomic mass is 10.1. The van der Waals surface area contributed by atoms with E-state index in [0.717, 1.165) is 5.56 Å². The van der Waals surface area contributed by atoms with Crippen LogP contribution >= 0.6 is 0 Å². The van der Waals surface area contributed by atoms with Crippen molar-refractivity contribution in [2.45, 2.75) is 19.4 Å². The first kappa shape index (κ1) is 10.9. The highest BCUT2D eigenvalue weighted by Crippen LogP contribution is 2.16. The Balaban J connectivity index is 2.14.